The Kier molecular flexibility index (Phi) is 4.37. The van der Waals surface area contributed by atoms with E-state index in [4.69, 9.17) is 11.6 Å². The Morgan fingerprint density at radius 1 is 1.00 bits per heavy atom. The Hall–Kier alpha value is -2.21. The zero-order valence-corrected chi connectivity index (χ0v) is 11.2. The van der Waals surface area contributed by atoms with Crippen LogP contribution in [0.15, 0.2) is 48.5 Å². The molecule has 0 bridgehead atoms. The molecule has 2 aromatic rings. The molecule has 0 aliphatic rings. The van der Waals surface area contributed by atoms with Gasteiger partial charge in [0.25, 0.3) is 5.91 Å². The first-order valence-electron chi connectivity index (χ1n) is 5.76. The molecule has 0 heterocycles. The van der Waals surface area contributed by atoms with E-state index in [-0.39, 0.29) is 5.75 Å². The second-order valence-corrected chi connectivity index (χ2v) is 4.47. The van der Waals surface area contributed by atoms with Crippen molar-refractivity contribution in [2.24, 2.45) is 0 Å². The topological polar surface area (TPSA) is 38.3 Å². The smallest absolute Gasteiger partial charge is 0.406 e. The molecule has 0 aliphatic heterocycles. The number of nitrogens with one attached hydrogen (secondary N) is 1. The molecule has 1 N–H and O–H groups in total. The summed E-state index contributed by atoms with van der Waals surface area (Å²) in [5.74, 6) is -0.747. The number of alkyl halides is 3. The van der Waals surface area contributed by atoms with E-state index in [1.807, 2.05) is 0 Å². The van der Waals surface area contributed by atoms with Gasteiger partial charge < -0.3 is 10.1 Å². The lowest BCUT2D eigenvalue weighted by atomic mass is 10.2. The van der Waals surface area contributed by atoms with Gasteiger partial charge in [-0.3, -0.25) is 4.79 Å². The fourth-order valence-corrected chi connectivity index (χ4v) is 1.67. The van der Waals surface area contributed by atoms with E-state index < -0.39 is 12.3 Å². The number of ether oxygens (including phenoxy) is 1. The number of carbonyl (C=O) groups is 1. The lowest BCUT2D eigenvalue weighted by molar-refractivity contribution is -0.274. The van der Waals surface area contributed by atoms with Crippen LogP contribution in [0, 0.1) is 0 Å². The van der Waals surface area contributed by atoms with Crippen LogP contribution in [0.1, 0.15) is 10.4 Å². The number of rotatable bonds is 3. The van der Waals surface area contributed by atoms with Crippen molar-refractivity contribution in [1.82, 2.24) is 0 Å². The van der Waals surface area contributed by atoms with E-state index in [2.05, 4.69) is 10.1 Å². The third-order valence-electron chi connectivity index (χ3n) is 2.45. The van der Waals surface area contributed by atoms with E-state index in [0.717, 1.165) is 12.1 Å². The highest BCUT2D eigenvalue weighted by Gasteiger charge is 2.30. The van der Waals surface area contributed by atoms with Crippen molar-refractivity contribution in [2.45, 2.75) is 6.36 Å². The summed E-state index contributed by atoms with van der Waals surface area (Å²) in [5.41, 5.74) is 0.736. The minimum Gasteiger partial charge on any atom is -0.406 e. The molecule has 7 heteroatoms. The summed E-state index contributed by atoms with van der Waals surface area (Å²) in [6, 6.07) is 11.1. The van der Waals surface area contributed by atoms with Crippen LogP contribution in [0.4, 0.5) is 18.9 Å². The van der Waals surface area contributed by atoms with Gasteiger partial charge in [-0.05, 0) is 48.5 Å². The maximum Gasteiger partial charge on any atom is 0.573 e. The maximum atomic E-state index is 12.0. The Bertz CT molecular complexity index is 624. The molecule has 0 aliphatic carbocycles. The summed E-state index contributed by atoms with van der Waals surface area (Å²) in [6.45, 7) is 0. The van der Waals surface area contributed by atoms with Crippen molar-refractivity contribution < 1.29 is 22.7 Å². The zero-order valence-electron chi connectivity index (χ0n) is 10.4. The second kappa shape index (κ2) is 6.05. The van der Waals surface area contributed by atoms with E-state index in [1.54, 1.807) is 24.3 Å². The van der Waals surface area contributed by atoms with Crippen molar-refractivity contribution in [3.63, 3.8) is 0 Å². The molecule has 0 saturated heterocycles. The Morgan fingerprint density at radius 3 is 2.10 bits per heavy atom. The van der Waals surface area contributed by atoms with Crippen LogP contribution in [0.25, 0.3) is 0 Å². The Labute approximate surface area is 123 Å². The predicted octanol–water partition coefficient (Wildman–Crippen LogP) is 4.49. The van der Waals surface area contributed by atoms with E-state index in [1.165, 1.54) is 12.1 Å². The summed E-state index contributed by atoms with van der Waals surface area (Å²) >= 11 is 5.71. The number of hydrogen-bond acceptors (Lipinski definition) is 2. The molecule has 21 heavy (non-hydrogen) atoms. The number of amides is 1. The summed E-state index contributed by atoms with van der Waals surface area (Å²) in [5, 5.41) is 3.05. The highest BCUT2D eigenvalue weighted by Crippen LogP contribution is 2.24. The predicted molar refractivity (Wildman–Crippen MR) is 72.5 cm³/mol. The van der Waals surface area contributed by atoms with Gasteiger partial charge in [-0.15, -0.1) is 13.2 Å². The molecule has 2 aromatic carbocycles. The van der Waals surface area contributed by atoms with Gasteiger partial charge in [0.15, 0.2) is 0 Å². The molecular formula is C14H9ClF3NO2. The van der Waals surface area contributed by atoms with Crippen LogP contribution in [0.2, 0.25) is 5.02 Å². The SMILES string of the molecule is O=C(Nc1ccc(OC(F)(F)F)cc1)c1ccc(Cl)cc1. The van der Waals surface area contributed by atoms with Gasteiger partial charge in [-0.1, -0.05) is 11.6 Å². The van der Waals surface area contributed by atoms with Gasteiger partial charge in [0.1, 0.15) is 5.75 Å². The molecule has 0 unspecified atom stereocenters. The zero-order chi connectivity index (χ0) is 15.5. The number of anilines is 1. The van der Waals surface area contributed by atoms with Crippen LogP contribution in [-0.2, 0) is 0 Å². The summed E-state index contributed by atoms with van der Waals surface area (Å²) in [4.78, 5) is 11.9. The van der Waals surface area contributed by atoms with Crippen molar-refractivity contribution in [1.29, 1.82) is 0 Å². The number of carbonyl (C=O) groups excluding carboxylic acids is 1. The Morgan fingerprint density at radius 2 is 1.57 bits per heavy atom. The van der Waals surface area contributed by atoms with E-state index in [9.17, 15) is 18.0 Å². The van der Waals surface area contributed by atoms with E-state index >= 15 is 0 Å². The molecule has 3 nitrogen and oxygen atoms in total. The molecule has 1 amide bonds. The molecule has 0 fully saturated rings. The van der Waals surface area contributed by atoms with Crippen molar-refractivity contribution >= 4 is 23.2 Å². The summed E-state index contributed by atoms with van der Waals surface area (Å²) in [7, 11) is 0. The van der Waals surface area contributed by atoms with Gasteiger partial charge in [-0.25, -0.2) is 0 Å². The Balaban J connectivity index is 2.03. The number of hydrogen-bond donors (Lipinski definition) is 1. The lowest BCUT2D eigenvalue weighted by Crippen LogP contribution is -2.17. The fraction of sp³-hybridized carbons (Fsp3) is 0.0714. The molecule has 0 radical (unpaired) electrons. The first kappa shape index (κ1) is 15.2. The van der Waals surface area contributed by atoms with Crippen LogP contribution in [-0.4, -0.2) is 12.3 Å². The number of halogens is 4. The molecule has 2 rings (SSSR count). The minimum atomic E-state index is -4.74. The minimum absolute atomic E-state index is 0.351. The molecule has 110 valence electrons. The largest absolute Gasteiger partial charge is 0.573 e. The summed E-state index contributed by atoms with van der Waals surface area (Å²) < 4.78 is 39.7. The molecule has 0 atom stereocenters. The van der Waals surface area contributed by atoms with Crippen molar-refractivity contribution in [3.8, 4) is 5.75 Å². The van der Waals surface area contributed by atoms with Crippen LogP contribution < -0.4 is 10.1 Å². The van der Waals surface area contributed by atoms with Gasteiger partial charge in [0.2, 0.25) is 0 Å². The van der Waals surface area contributed by atoms with Gasteiger partial charge in [-0.2, -0.15) is 0 Å². The van der Waals surface area contributed by atoms with Gasteiger partial charge >= 0.3 is 6.36 Å². The van der Waals surface area contributed by atoms with Crippen molar-refractivity contribution in [2.75, 3.05) is 5.32 Å². The monoisotopic (exact) mass is 315 g/mol. The first-order chi connectivity index (χ1) is 9.83. The van der Waals surface area contributed by atoms with Gasteiger partial charge in [0, 0.05) is 16.3 Å². The molecular weight excluding hydrogens is 307 g/mol. The first-order valence-corrected chi connectivity index (χ1v) is 6.14. The van der Waals surface area contributed by atoms with Crippen molar-refractivity contribution in [3.05, 3.63) is 59.1 Å². The second-order valence-electron chi connectivity index (χ2n) is 4.03. The van der Waals surface area contributed by atoms with Crippen LogP contribution in [0.5, 0.6) is 5.75 Å². The highest BCUT2D eigenvalue weighted by atomic mass is 35.5. The summed E-state index contributed by atoms with van der Waals surface area (Å²) in [6.07, 6.45) is -4.74. The standard InChI is InChI=1S/C14H9ClF3NO2/c15-10-3-1-9(2-4-10)13(20)19-11-5-7-12(8-6-11)21-14(16,17)18/h1-8H,(H,19,20). The van der Waals surface area contributed by atoms with Gasteiger partial charge in [0.05, 0.1) is 0 Å². The fourth-order valence-electron chi connectivity index (χ4n) is 1.54. The third kappa shape index (κ3) is 4.68. The average Bonchev–Trinajstić information content (AvgIpc) is 2.40. The lowest BCUT2D eigenvalue weighted by Gasteiger charge is -2.10. The molecule has 0 saturated carbocycles. The quantitative estimate of drug-likeness (QED) is 0.906. The van der Waals surface area contributed by atoms with Crippen LogP contribution in [0.3, 0.4) is 0 Å². The third-order valence-corrected chi connectivity index (χ3v) is 2.70. The number of benzene rings is 2. The average molecular weight is 316 g/mol. The molecule has 0 spiro atoms. The maximum absolute atomic E-state index is 12.0. The van der Waals surface area contributed by atoms with E-state index in [0.29, 0.717) is 16.3 Å². The van der Waals surface area contributed by atoms with Crippen LogP contribution >= 0.6 is 11.6 Å². The molecule has 0 aromatic heterocycles. The highest BCUT2D eigenvalue weighted by molar-refractivity contribution is 6.30. The normalized spacial score (nSPS) is 11.0.